The molecule has 0 unspecified atom stereocenters. The van der Waals surface area contributed by atoms with Gasteiger partial charge in [-0.15, -0.1) is 0 Å². The van der Waals surface area contributed by atoms with Gasteiger partial charge in [-0.3, -0.25) is 9.59 Å². The number of H-pyrrole nitrogens is 2. The molecule has 0 saturated carbocycles. The first-order valence-corrected chi connectivity index (χ1v) is 9.43. The molecule has 2 aromatic heterocycles. The van der Waals surface area contributed by atoms with E-state index in [9.17, 15) is 9.59 Å². The number of primary amides is 1. The molecule has 4 aromatic rings. The monoisotopic (exact) mass is 390 g/mol. The highest BCUT2D eigenvalue weighted by atomic mass is 16.2. The van der Waals surface area contributed by atoms with Crippen LogP contribution in [0.3, 0.4) is 0 Å². The number of fused-ring (bicyclic) bond motifs is 2. The number of nitrogens with two attached hydrogens (primary N) is 2. The summed E-state index contributed by atoms with van der Waals surface area (Å²) in [5.41, 5.74) is 11.6. The van der Waals surface area contributed by atoms with Crippen LogP contribution in [0.5, 0.6) is 0 Å². The van der Waals surface area contributed by atoms with Crippen LogP contribution < -0.4 is 16.8 Å². The predicted octanol–water partition coefficient (Wildman–Crippen LogP) is 1.73. The van der Waals surface area contributed by atoms with Gasteiger partial charge in [0.05, 0.1) is 6.04 Å². The van der Waals surface area contributed by atoms with Crippen LogP contribution in [0.2, 0.25) is 1.41 Å². The van der Waals surface area contributed by atoms with Crippen LogP contribution >= 0.6 is 0 Å². The summed E-state index contributed by atoms with van der Waals surface area (Å²) in [4.78, 5) is 31.2. The lowest BCUT2D eigenvalue weighted by molar-refractivity contribution is -0.128. The zero-order valence-corrected chi connectivity index (χ0v) is 15.7. The molecule has 0 aliphatic heterocycles. The second-order valence-corrected chi connectivity index (χ2v) is 7.14. The SMILES string of the molecule is [2H]N[C@@H](Cc1c[nH]c2ccccc12)C(=O)N[C@@H](Cc1c[nH]c2ccccc12)C(N)=O. The lowest BCUT2D eigenvalue weighted by Gasteiger charge is -2.18. The smallest absolute Gasteiger partial charge is 0.240 e. The van der Waals surface area contributed by atoms with E-state index in [2.05, 4.69) is 21.0 Å². The molecule has 7 nitrogen and oxygen atoms in total. The van der Waals surface area contributed by atoms with Gasteiger partial charge in [-0.2, -0.15) is 0 Å². The number of nitrogens with one attached hydrogen (secondary N) is 3. The molecule has 4 rings (SSSR count). The van der Waals surface area contributed by atoms with Crippen molar-refractivity contribution in [3.8, 4) is 0 Å². The molecule has 2 amide bonds. The van der Waals surface area contributed by atoms with Gasteiger partial charge in [-0.25, -0.2) is 0 Å². The normalized spacial score (nSPS) is 13.9. The van der Waals surface area contributed by atoms with Crippen molar-refractivity contribution < 1.29 is 11.0 Å². The number of carbonyl (C=O) groups is 2. The first kappa shape index (κ1) is 17.5. The molecule has 0 bridgehead atoms. The zero-order valence-electron chi connectivity index (χ0n) is 16.7. The minimum Gasteiger partial charge on any atom is -0.368 e. The maximum absolute atomic E-state index is 12.8. The van der Waals surface area contributed by atoms with E-state index in [1.807, 2.05) is 60.9 Å². The third kappa shape index (κ3) is 3.86. The molecule has 7 N–H and O–H groups in total. The highest BCUT2D eigenvalue weighted by molar-refractivity contribution is 5.91. The number of aromatic amines is 2. The molecule has 148 valence electrons. The number of amides is 2. The number of carbonyl (C=O) groups excluding carboxylic acids is 2. The number of hydrogen-bond donors (Lipinski definition) is 5. The summed E-state index contributed by atoms with van der Waals surface area (Å²) in [5.74, 6) is -1.07. The largest absolute Gasteiger partial charge is 0.368 e. The standard InChI is InChI=1S/C22H23N5O2/c23-17(9-13-11-25-18-7-3-1-5-15(13)18)22(29)27-20(21(24)28)10-14-12-26-19-8-4-2-6-16(14)19/h1-8,11-12,17,20,25-26H,9-10,23H2,(H2,24,28)(H,27,29)/t17-,20-/m0/s1/i/hD. The average Bonchev–Trinajstić information content (AvgIpc) is 3.35. The van der Waals surface area contributed by atoms with Crippen LogP contribution in [0.1, 0.15) is 11.1 Å². The van der Waals surface area contributed by atoms with Crippen molar-refractivity contribution in [1.82, 2.24) is 15.3 Å². The maximum Gasteiger partial charge on any atom is 0.240 e. The first-order valence-electron chi connectivity index (χ1n) is 9.93. The maximum atomic E-state index is 12.8. The average molecular weight is 390 g/mol. The van der Waals surface area contributed by atoms with Gasteiger partial charge in [0.15, 0.2) is 0 Å². The second kappa shape index (κ2) is 7.81. The van der Waals surface area contributed by atoms with Gasteiger partial charge < -0.3 is 26.7 Å². The Morgan fingerprint density at radius 1 is 0.931 bits per heavy atom. The quantitative estimate of drug-likeness (QED) is 0.314. The third-order valence-electron chi connectivity index (χ3n) is 5.17. The van der Waals surface area contributed by atoms with Crippen LogP contribution in [0.4, 0.5) is 0 Å². The fourth-order valence-corrected chi connectivity index (χ4v) is 3.63. The Kier molecular flexibility index (Phi) is 4.72. The second-order valence-electron chi connectivity index (χ2n) is 7.14. The van der Waals surface area contributed by atoms with Crippen molar-refractivity contribution in [2.24, 2.45) is 11.5 Å². The van der Waals surface area contributed by atoms with Gasteiger partial charge in [0.1, 0.15) is 7.45 Å². The minimum absolute atomic E-state index is 0.267. The van der Waals surface area contributed by atoms with Gasteiger partial charge in [0, 0.05) is 40.6 Å². The number of rotatable bonds is 8. The molecule has 0 radical (unpaired) electrons. The highest BCUT2D eigenvalue weighted by Gasteiger charge is 2.24. The van der Waals surface area contributed by atoms with Crippen molar-refractivity contribution in [3.63, 3.8) is 0 Å². The minimum atomic E-state index is -0.879. The summed E-state index contributed by atoms with van der Waals surface area (Å²) < 4.78 is 7.61. The van der Waals surface area contributed by atoms with Crippen molar-refractivity contribution in [2.45, 2.75) is 24.9 Å². The van der Waals surface area contributed by atoms with Gasteiger partial charge in [0.25, 0.3) is 0 Å². The molecular formula is C22H23N5O2. The number of aromatic nitrogens is 2. The molecule has 2 atom stereocenters. The Labute approximate surface area is 168 Å². The van der Waals surface area contributed by atoms with Crippen molar-refractivity contribution >= 4 is 33.6 Å². The van der Waals surface area contributed by atoms with E-state index in [0.717, 1.165) is 32.9 Å². The number of para-hydroxylation sites is 2. The van der Waals surface area contributed by atoms with E-state index >= 15 is 0 Å². The van der Waals surface area contributed by atoms with Crippen LogP contribution in [0, 0.1) is 0 Å². The zero-order chi connectivity index (χ0) is 21.1. The Balaban J connectivity index is 1.49. The molecule has 0 fully saturated rings. The summed E-state index contributed by atoms with van der Waals surface area (Å²) >= 11 is 0. The van der Waals surface area contributed by atoms with Crippen LogP contribution in [-0.2, 0) is 22.4 Å². The Bertz CT molecular complexity index is 1200. The number of hydrogen-bond acceptors (Lipinski definition) is 3. The Morgan fingerprint density at radius 2 is 1.48 bits per heavy atom. The Hall–Kier alpha value is -3.58. The van der Waals surface area contributed by atoms with Gasteiger partial charge in [0.2, 0.25) is 11.8 Å². The van der Waals surface area contributed by atoms with Crippen molar-refractivity contribution in [2.75, 3.05) is 0 Å². The highest BCUT2D eigenvalue weighted by Crippen LogP contribution is 2.20. The van der Waals surface area contributed by atoms with Crippen LogP contribution in [0.25, 0.3) is 21.8 Å². The summed E-state index contributed by atoms with van der Waals surface area (Å²) in [6.07, 6.45) is 4.22. The van der Waals surface area contributed by atoms with Crippen LogP contribution in [-0.4, -0.2) is 33.9 Å². The van der Waals surface area contributed by atoms with E-state index in [0.29, 0.717) is 6.42 Å². The van der Waals surface area contributed by atoms with E-state index in [4.69, 9.17) is 7.15 Å². The fraction of sp³-hybridized carbons (Fsp3) is 0.182. The Morgan fingerprint density at radius 3 is 2.03 bits per heavy atom. The van der Waals surface area contributed by atoms with Gasteiger partial charge in [-0.1, -0.05) is 36.4 Å². The lowest BCUT2D eigenvalue weighted by atomic mass is 10.0. The summed E-state index contributed by atoms with van der Waals surface area (Å²) in [5, 5.41) is 4.69. The lowest BCUT2D eigenvalue weighted by Crippen LogP contribution is -2.51. The molecule has 0 aliphatic rings. The van der Waals surface area contributed by atoms with E-state index in [-0.39, 0.29) is 6.42 Å². The summed E-state index contributed by atoms with van der Waals surface area (Å²) in [6, 6.07) is 13.8. The van der Waals surface area contributed by atoms with E-state index < -0.39 is 23.9 Å². The molecule has 7 heteroatoms. The predicted molar refractivity (Wildman–Crippen MR) is 113 cm³/mol. The van der Waals surface area contributed by atoms with Crippen molar-refractivity contribution in [3.05, 3.63) is 72.1 Å². The summed E-state index contributed by atoms with van der Waals surface area (Å²) in [7, 11) is 0. The topological polar surface area (TPSA) is 130 Å². The van der Waals surface area contributed by atoms with Crippen LogP contribution in [0.15, 0.2) is 60.9 Å². The van der Waals surface area contributed by atoms with E-state index in [1.54, 1.807) is 0 Å². The molecular weight excluding hydrogens is 366 g/mol. The fourth-order valence-electron chi connectivity index (χ4n) is 3.63. The third-order valence-corrected chi connectivity index (χ3v) is 5.17. The molecule has 0 aliphatic carbocycles. The van der Waals surface area contributed by atoms with Crippen molar-refractivity contribution in [1.29, 1.82) is 0 Å². The first-order chi connectivity index (χ1) is 14.6. The molecule has 0 spiro atoms. The molecule has 29 heavy (non-hydrogen) atoms. The van der Waals surface area contributed by atoms with E-state index in [1.165, 1.54) is 0 Å². The number of benzene rings is 2. The molecule has 2 heterocycles. The molecule has 0 saturated heterocycles. The van der Waals surface area contributed by atoms with Gasteiger partial charge in [-0.05, 0) is 29.7 Å². The van der Waals surface area contributed by atoms with Gasteiger partial charge >= 0.3 is 0 Å². The summed E-state index contributed by atoms with van der Waals surface area (Å²) in [6.45, 7) is 0. The molecule has 2 aromatic carbocycles.